The first-order valence-corrected chi connectivity index (χ1v) is 8.89. The standard InChI is InChI=1S/C19H25N5O2/c1-4-20-17-13-14(2)21-19(22-17)24-11-9-23(10-12-24)18(25)15-7-5-6-8-16(15)26-3/h5-8,13H,4,9-12H2,1-3H3,(H,20,21,22). The maximum absolute atomic E-state index is 12.8. The molecule has 0 atom stereocenters. The highest BCUT2D eigenvalue weighted by Crippen LogP contribution is 2.21. The predicted molar refractivity (Wildman–Crippen MR) is 102 cm³/mol. The molecule has 0 unspecified atom stereocenters. The van der Waals surface area contributed by atoms with E-state index in [0.717, 1.165) is 18.1 Å². The largest absolute Gasteiger partial charge is 0.496 e. The Hall–Kier alpha value is -2.83. The summed E-state index contributed by atoms with van der Waals surface area (Å²) in [5.41, 5.74) is 1.53. The predicted octanol–water partition coefficient (Wildman–Crippen LogP) is 2.19. The SMILES string of the molecule is CCNc1cc(C)nc(N2CCN(C(=O)c3ccccc3OC)CC2)n1. The van der Waals surface area contributed by atoms with Crippen LogP contribution in [0.15, 0.2) is 30.3 Å². The summed E-state index contributed by atoms with van der Waals surface area (Å²) in [5, 5.41) is 3.23. The van der Waals surface area contributed by atoms with Gasteiger partial charge in [0, 0.05) is 44.5 Å². The number of aryl methyl sites for hydroxylation is 1. The van der Waals surface area contributed by atoms with Crippen LogP contribution in [0.4, 0.5) is 11.8 Å². The highest BCUT2D eigenvalue weighted by Gasteiger charge is 2.25. The number of para-hydroxylation sites is 1. The minimum absolute atomic E-state index is 0.000555. The molecule has 0 aliphatic carbocycles. The molecule has 0 saturated carbocycles. The number of carbonyl (C=O) groups is 1. The number of nitrogens with zero attached hydrogens (tertiary/aromatic N) is 4. The highest BCUT2D eigenvalue weighted by molar-refractivity contribution is 5.97. The number of amides is 1. The summed E-state index contributed by atoms with van der Waals surface area (Å²) in [5.74, 6) is 2.16. The van der Waals surface area contributed by atoms with Crippen LogP contribution in [-0.2, 0) is 0 Å². The lowest BCUT2D eigenvalue weighted by molar-refractivity contribution is 0.0743. The highest BCUT2D eigenvalue weighted by atomic mass is 16.5. The van der Waals surface area contributed by atoms with E-state index in [-0.39, 0.29) is 5.91 Å². The Morgan fingerprint density at radius 1 is 1.19 bits per heavy atom. The van der Waals surface area contributed by atoms with Crippen molar-refractivity contribution in [2.24, 2.45) is 0 Å². The van der Waals surface area contributed by atoms with Gasteiger partial charge in [0.15, 0.2) is 0 Å². The van der Waals surface area contributed by atoms with Gasteiger partial charge >= 0.3 is 0 Å². The van der Waals surface area contributed by atoms with Crippen molar-refractivity contribution in [2.45, 2.75) is 13.8 Å². The number of hydrogen-bond acceptors (Lipinski definition) is 6. The minimum Gasteiger partial charge on any atom is -0.496 e. The second kappa shape index (κ2) is 8.03. The lowest BCUT2D eigenvalue weighted by Crippen LogP contribution is -2.49. The van der Waals surface area contributed by atoms with Gasteiger partial charge < -0.3 is 19.9 Å². The molecular formula is C19H25N5O2. The number of hydrogen-bond donors (Lipinski definition) is 1. The third kappa shape index (κ3) is 3.87. The van der Waals surface area contributed by atoms with E-state index in [1.807, 2.05) is 43.0 Å². The van der Waals surface area contributed by atoms with E-state index in [9.17, 15) is 4.79 Å². The summed E-state index contributed by atoms with van der Waals surface area (Å²) in [7, 11) is 1.58. The fraction of sp³-hybridized carbons (Fsp3) is 0.421. The molecule has 1 aliphatic rings. The van der Waals surface area contributed by atoms with Crippen LogP contribution in [0.2, 0.25) is 0 Å². The molecule has 0 spiro atoms. The monoisotopic (exact) mass is 355 g/mol. The summed E-state index contributed by atoms with van der Waals surface area (Å²) in [6.45, 7) is 7.49. The molecule has 7 nitrogen and oxygen atoms in total. The van der Waals surface area contributed by atoms with Crippen molar-refractivity contribution < 1.29 is 9.53 Å². The molecule has 2 aromatic rings. The van der Waals surface area contributed by atoms with Crippen molar-refractivity contribution in [1.29, 1.82) is 0 Å². The van der Waals surface area contributed by atoms with Crippen LogP contribution in [0.25, 0.3) is 0 Å². The summed E-state index contributed by atoms with van der Waals surface area (Å²) in [4.78, 5) is 25.9. The first-order valence-electron chi connectivity index (χ1n) is 8.89. The molecule has 1 saturated heterocycles. The number of anilines is 2. The molecule has 2 heterocycles. The molecule has 1 fully saturated rings. The molecule has 1 aromatic carbocycles. The van der Waals surface area contributed by atoms with E-state index in [1.165, 1.54) is 0 Å². The van der Waals surface area contributed by atoms with Crippen LogP contribution in [-0.4, -0.2) is 60.6 Å². The molecule has 1 aliphatic heterocycles. The zero-order valence-electron chi connectivity index (χ0n) is 15.5. The number of rotatable bonds is 5. The van der Waals surface area contributed by atoms with E-state index in [4.69, 9.17) is 4.74 Å². The molecule has 7 heteroatoms. The molecule has 26 heavy (non-hydrogen) atoms. The quantitative estimate of drug-likeness (QED) is 0.887. The van der Waals surface area contributed by atoms with Crippen LogP contribution in [0, 0.1) is 6.92 Å². The zero-order valence-corrected chi connectivity index (χ0v) is 15.5. The van der Waals surface area contributed by atoms with Gasteiger partial charge in [-0.15, -0.1) is 0 Å². The van der Waals surface area contributed by atoms with Gasteiger partial charge in [-0.3, -0.25) is 4.79 Å². The van der Waals surface area contributed by atoms with E-state index < -0.39 is 0 Å². The number of benzene rings is 1. The maximum atomic E-state index is 12.8. The maximum Gasteiger partial charge on any atom is 0.257 e. The summed E-state index contributed by atoms with van der Waals surface area (Å²) >= 11 is 0. The van der Waals surface area contributed by atoms with E-state index in [2.05, 4.69) is 20.2 Å². The minimum atomic E-state index is 0.000555. The molecule has 1 N–H and O–H groups in total. The van der Waals surface area contributed by atoms with Crippen LogP contribution in [0.3, 0.4) is 0 Å². The normalized spacial score (nSPS) is 14.3. The molecule has 1 amide bonds. The second-order valence-electron chi connectivity index (χ2n) is 6.20. The van der Waals surface area contributed by atoms with Gasteiger partial charge in [-0.05, 0) is 26.0 Å². The average Bonchev–Trinajstić information content (AvgIpc) is 2.67. The van der Waals surface area contributed by atoms with Crippen LogP contribution >= 0.6 is 0 Å². The van der Waals surface area contributed by atoms with Crippen molar-refractivity contribution in [3.63, 3.8) is 0 Å². The van der Waals surface area contributed by atoms with Crippen molar-refractivity contribution in [1.82, 2.24) is 14.9 Å². The Morgan fingerprint density at radius 2 is 1.92 bits per heavy atom. The van der Waals surface area contributed by atoms with Crippen molar-refractivity contribution in [3.05, 3.63) is 41.6 Å². The van der Waals surface area contributed by atoms with E-state index in [0.29, 0.717) is 43.4 Å². The summed E-state index contributed by atoms with van der Waals surface area (Å²) in [6, 6.07) is 9.28. The fourth-order valence-corrected chi connectivity index (χ4v) is 3.07. The molecule has 0 radical (unpaired) electrons. The smallest absolute Gasteiger partial charge is 0.257 e. The third-order valence-corrected chi connectivity index (χ3v) is 4.39. The lowest BCUT2D eigenvalue weighted by Gasteiger charge is -2.35. The Bertz CT molecular complexity index is 772. The van der Waals surface area contributed by atoms with Gasteiger partial charge in [-0.25, -0.2) is 4.98 Å². The van der Waals surface area contributed by atoms with Gasteiger partial charge in [0.2, 0.25) is 5.95 Å². The van der Waals surface area contributed by atoms with E-state index >= 15 is 0 Å². The fourth-order valence-electron chi connectivity index (χ4n) is 3.07. The molecular weight excluding hydrogens is 330 g/mol. The number of nitrogens with one attached hydrogen (secondary N) is 1. The van der Waals surface area contributed by atoms with Crippen LogP contribution in [0.5, 0.6) is 5.75 Å². The van der Waals surface area contributed by atoms with Gasteiger partial charge in [0.25, 0.3) is 5.91 Å². The van der Waals surface area contributed by atoms with Gasteiger partial charge in [-0.1, -0.05) is 12.1 Å². The molecule has 3 rings (SSSR count). The zero-order chi connectivity index (χ0) is 18.5. The molecule has 0 bridgehead atoms. The van der Waals surface area contributed by atoms with Gasteiger partial charge in [0.05, 0.1) is 12.7 Å². The van der Waals surface area contributed by atoms with Gasteiger partial charge in [-0.2, -0.15) is 4.98 Å². The number of aromatic nitrogens is 2. The Kier molecular flexibility index (Phi) is 5.55. The van der Waals surface area contributed by atoms with E-state index in [1.54, 1.807) is 13.2 Å². The average molecular weight is 355 g/mol. The second-order valence-corrected chi connectivity index (χ2v) is 6.20. The van der Waals surface area contributed by atoms with Crippen molar-refractivity contribution in [2.75, 3.05) is 50.1 Å². The first kappa shape index (κ1) is 18.0. The number of ether oxygens (including phenoxy) is 1. The number of methoxy groups -OCH3 is 1. The lowest BCUT2D eigenvalue weighted by atomic mass is 10.1. The summed E-state index contributed by atoms with van der Waals surface area (Å²) in [6.07, 6.45) is 0. The molecule has 138 valence electrons. The van der Waals surface area contributed by atoms with Crippen molar-refractivity contribution >= 4 is 17.7 Å². The third-order valence-electron chi connectivity index (χ3n) is 4.39. The van der Waals surface area contributed by atoms with Crippen molar-refractivity contribution in [3.8, 4) is 5.75 Å². The van der Waals surface area contributed by atoms with Crippen LogP contribution in [0.1, 0.15) is 23.0 Å². The number of carbonyl (C=O) groups excluding carboxylic acids is 1. The summed E-state index contributed by atoms with van der Waals surface area (Å²) < 4.78 is 5.31. The van der Waals surface area contributed by atoms with Gasteiger partial charge in [0.1, 0.15) is 11.6 Å². The Morgan fingerprint density at radius 3 is 2.62 bits per heavy atom. The molecule has 1 aromatic heterocycles. The van der Waals surface area contributed by atoms with Crippen LogP contribution < -0.4 is 15.0 Å². The Labute approximate surface area is 154 Å². The Balaban J connectivity index is 1.68. The number of piperazine rings is 1. The topological polar surface area (TPSA) is 70.6 Å². The first-order chi connectivity index (χ1) is 12.6.